The van der Waals surface area contributed by atoms with Gasteiger partial charge >= 0.3 is 0 Å². The summed E-state index contributed by atoms with van der Waals surface area (Å²) in [5, 5.41) is 6.65. The van der Waals surface area contributed by atoms with Crippen LogP contribution in [-0.2, 0) is 0 Å². The number of aromatic nitrogens is 2. The summed E-state index contributed by atoms with van der Waals surface area (Å²) < 4.78 is 0. The lowest BCUT2D eigenvalue weighted by molar-refractivity contribution is 1.13. The monoisotopic (exact) mass is 333 g/mol. The first-order chi connectivity index (χ1) is 12.0. The molecule has 3 rings (SSSR count). The SMILES string of the molecule is Cc1cc(C)cc(Nc2cc(Nc3ccc(N(C)C)cc3)ncn2)c1. The third-order valence-corrected chi connectivity index (χ3v) is 3.82. The molecule has 0 atom stereocenters. The van der Waals surface area contributed by atoms with E-state index in [4.69, 9.17) is 0 Å². The Kier molecular flexibility index (Phi) is 4.84. The van der Waals surface area contributed by atoms with Crippen LogP contribution in [0.2, 0.25) is 0 Å². The summed E-state index contributed by atoms with van der Waals surface area (Å²) in [6.45, 7) is 4.17. The lowest BCUT2D eigenvalue weighted by atomic mass is 10.1. The Morgan fingerprint density at radius 3 is 1.84 bits per heavy atom. The van der Waals surface area contributed by atoms with E-state index in [-0.39, 0.29) is 0 Å². The van der Waals surface area contributed by atoms with E-state index < -0.39 is 0 Å². The molecule has 0 amide bonds. The average molecular weight is 333 g/mol. The van der Waals surface area contributed by atoms with Gasteiger partial charge in [0.25, 0.3) is 0 Å². The van der Waals surface area contributed by atoms with Crippen LogP contribution in [0.4, 0.5) is 28.7 Å². The number of hydrogen-bond donors (Lipinski definition) is 2. The van der Waals surface area contributed by atoms with Crippen LogP contribution in [0, 0.1) is 13.8 Å². The van der Waals surface area contributed by atoms with E-state index in [9.17, 15) is 0 Å². The van der Waals surface area contributed by atoms with Crippen molar-refractivity contribution in [2.45, 2.75) is 13.8 Å². The van der Waals surface area contributed by atoms with Crippen molar-refractivity contribution in [3.63, 3.8) is 0 Å². The van der Waals surface area contributed by atoms with Crippen LogP contribution in [0.25, 0.3) is 0 Å². The molecule has 1 heterocycles. The molecule has 1 aromatic heterocycles. The van der Waals surface area contributed by atoms with Gasteiger partial charge in [0.15, 0.2) is 0 Å². The quantitative estimate of drug-likeness (QED) is 0.712. The van der Waals surface area contributed by atoms with E-state index in [1.807, 2.05) is 32.3 Å². The van der Waals surface area contributed by atoms with E-state index in [0.717, 1.165) is 28.7 Å². The summed E-state index contributed by atoms with van der Waals surface area (Å²) in [6, 6.07) is 16.5. The van der Waals surface area contributed by atoms with Crippen LogP contribution in [-0.4, -0.2) is 24.1 Å². The Morgan fingerprint density at radius 1 is 0.720 bits per heavy atom. The molecule has 3 aromatic rings. The zero-order chi connectivity index (χ0) is 17.8. The van der Waals surface area contributed by atoms with Gasteiger partial charge < -0.3 is 15.5 Å². The Bertz CT molecular complexity index is 836. The van der Waals surface area contributed by atoms with Crippen LogP contribution >= 0.6 is 0 Å². The summed E-state index contributed by atoms with van der Waals surface area (Å²) in [6.07, 6.45) is 1.56. The fourth-order valence-electron chi connectivity index (χ4n) is 2.68. The maximum atomic E-state index is 4.30. The molecule has 2 N–H and O–H groups in total. The van der Waals surface area contributed by atoms with Crippen molar-refractivity contribution < 1.29 is 0 Å². The van der Waals surface area contributed by atoms with Gasteiger partial charge in [-0.2, -0.15) is 0 Å². The second kappa shape index (κ2) is 7.21. The molecule has 0 radical (unpaired) electrons. The minimum absolute atomic E-state index is 0.750. The normalized spacial score (nSPS) is 10.4. The Hall–Kier alpha value is -3.08. The highest BCUT2D eigenvalue weighted by molar-refractivity contribution is 5.65. The summed E-state index contributed by atoms with van der Waals surface area (Å²) in [5.74, 6) is 1.51. The van der Waals surface area contributed by atoms with Gasteiger partial charge in [-0.3, -0.25) is 0 Å². The smallest absolute Gasteiger partial charge is 0.135 e. The lowest BCUT2D eigenvalue weighted by Gasteiger charge is -2.13. The van der Waals surface area contributed by atoms with Crippen LogP contribution in [0.5, 0.6) is 0 Å². The number of anilines is 5. The van der Waals surface area contributed by atoms with E-state index in [1.165, 1.54) is 11.1 Å². The fraction of sp³-hybridized carbons (Fsp3) is 0.200. The Balaban J connectivity index is 1.74. The fourth-order valence-corrected chi connectivity index (χ4v) is 2.68. The summed E-state index contributed by atoms with van der Waals surface area (Å²) in [4.78, 5) is 10.7. The molecule has 2 aromatic carbocycles. The van der Waals surface area contributed by atoms with Crippen molar-refractivity contribution in [2.24, 2.45) is 0 Å². The van der Waals surface area contributed by atoms with E-state index in [2.05, 4.69) is 69.7 Å². The molecule has 0 aliphatic heterocycles. The predicted octanol–water partition coefficient (Wildman–Crippen LogP) is 4.65. The predicted molar refractivity (Wildman–Crippen MR) is 105 cm³/mol. The number of hydrogen-bond acceptors (Lipinski definition) is 5. The van der Waals surface area contributed by atoms with Crippen molar-refractivity contribution in [3.8, 4) is 0 Å². The molecular formula is C20H23N5. The molecule has 0 bridgehead atoms. The second-order valence-corrected chi connectivity index (χ2v) is 6.36. The van der Waals surface area contributed by atoms with Crippen molar-refractivity contribution in [3.05, 3.63) is 66.0 Å². The Labute approximate surface area is 148 Å². The topological polar surface area (TPSA) is 53.1 Å². The number of rotatable bonds is 5. The lowest BCUT2D eigenvalue weighted by Crippen LogP contribution is -2.08. The van der Waals surface area contributed by atoms with Crippen molar-refractivity contribution in [2.75, 3.05) is 29.6 Å². The molecule has 128 valence electrons. The van der Waals surface area contributed by atoms with Crippen LogP contribution in [0.15, 0.2) is 54.9 Å². The van der Waals surface area contributed by atoms with E-state index >= 15 is 0 Å². The van der Waals surface area contributed by atoms with Gasteiger partial charge in [-0.25, -0.2) is 9.97 Å². The number of nitrogens with one attached hydrogen (secondary N) is 2. The molecule has 25 heavy (non-hydrogen) atoms. The zero-order valence-corrected chi connectivity index (χ0v) is 15.0. The third-order valence-electron chi connectivity index (χ3n) is 3.82. The number of nitrogens with zero attached hydrogens (tertiary/aromatic N) is 3. The molecule has 0 saturated heterocycles. The molecule has 0 aliphatic rings. The average Bonchev–Trinajstić information content (AvgIpc) is 2.54. The van der Waals surface area contributed by atoms with Crippen LogP contribution in [0.3, 0.4) is 0 Å². The highest BCUT2D eigenvalue weighted by Crippen LogP contribution is 2.22. The largest absolute Gasteiger partial charge is 0.378 e. The first-order valence-electron chi connectivity index (χ1n) is 8.21. The third kappa shape index (κ3) is 4.47. The van der Waals surface area contributed by atoms with E-state index in [1.54, 1.807) is 6.33 Å². The van der Waals surface area contributed by atoms with Crippen molar-refractivity contribution >= 4 is 28.7 Å². The minimum Gasteiger partial charge on any atom is -0.378 e. The van der Waals surface area contributed by atoms with Crippen molar-refractivity contribution in [1.82, 2.24) is 9.97 Å². The minimum atomic E-state index is 0.750. The number of benzene rings is 2. The van der Waals surface area contributed by atoms with Crippen molar-refractivity contribution in [1.29, 1.82) is 0 Å². The first kappa shape index (κ1) is 16.8. The molecule has 0 saturated carbocycles. The summed E-state index contributed by atoms with van der Waals surface area (Å²) in [5.41, 5.74) is 5.61. The highest BCUT2D eigenvalue weighted by Gasteiger charge is 2.02. The van der Waals surface area contributed by atoms with E-state index in [0.29, 0.717) is 0 Å². The molecular weight excluding hydrogens is 310 g/mol. The summed E-state index contributed by atoms with van der Waals surface area (Å²) in [7, 11) is 4.05. The van der Waals surface area contributed by atoms with Gasteiger partial charge in [-0.1, -0.05) is 6.07 Å². The van der Waals surface area contributed by atoms with Crippen LogP contribution in [0.1, 0.15) is 11.1 Å². The maximum absolute atomic E-state index is 4.30. The number of aryl methyl sites for hydroxylation is 2. The highest BCUT2D eigenvalue weighted by atomic mass is 15.1. The Morgan fingerprint density at radius 2 is 1.28 bits per heavy atom. The molecule has 5 nitrogen and oxygen atoms in total. The van der Waals surface area contributed by atoms with Gasteiger partial charge in [0.1, 0.15) is 18.0 Å². The molecule has 0 aliphatic carbocycles. The second-order valence-electron chi connectivity index (χ2n) is 6.36. The zero-order valence-electron chi connectivity index (χ0n) is 15.0. The standard InChI is InChI=1S/C20H23N5/c1-14-9-15(2)11-17(10-14)24-20-12-19(21-13-22-20)23-16-5-7-18(8-6-16)25(3)4/h5-13H,1-4H3,(H2,21,22,23,24). The molecule has 0 unspecified atom stereocenters. The molecule has 5 heteroatoms. The van der Waals surface area contributed by atoms with Crippen LogP contribution < -0.4 is 15.5 Å². The maximum Gasteiger partial charge on any atom is 0.135 e. The summed E-state index contributed by atoms with van der Waals surface area (Å²) >= 11 is 0. The molecule has 0 spiro atoms. The van der Waals surface area contributed by atoms with Gasteiger partial charge in [-0.05, 0) is 61.4 Å². The van der Waals surface area contributed by atoms with Gasteiger partial charge in [-0.15, -0.1) is 0 Å². The molecule has 0 fully saturated rings. The van der Waals surface area contributed by atoms with Gasteiger partial charge in [0.2, 0.25) is 0 Å². The van der Waals surface area contributed by atoms with Gasteiger partial charge in [0, 0.05) is 37.2 Å². The first-order valence-corrected chi connectivity index (χ1v) is 8.21. The van der Waals surface area contributed by atoms with Gasteiger partial charge in [0.05, 0.1) is 0 Å².